The summed E-state index contributed by atoms with van der Waals surface area (Å²) in [6.07, 6.45) is 0.594. The number of esters is 1. The lowest BCUT2D eigenvalue weighted by atomic mass is 10.3. The van der Waals surface area contributed by atoms with Gasteiger partial charge in [-0.15, -0.1) is 0 Å². The van der Waals surface area contributed by atoms with Crippen LogP contribution in [0.15, 0.2) is 0 Å². The van der Waals surface area contributed by atoms with E-state index in [2.05, 4.69) is 0 Å². The van der Waals surface area contributed by atoms with Crippen molar-refractivity contribution in [1.29, 1.82) is 0 Å². The molecule has 0 aromatic rings. The highest BCUT2D eigenvalue weighted by Crippen LogP contribution is 2.35. The van der Waals surface area contributed by atoms with Gasteiger partial charge in [0.1, 0.15) is 6.61 Å². The molecule has 0 spiro atoms. The Morgan fingerprint density at radius 1 is 1.24 bits per heavy atom. The third-order valence-electron chi connectivity index (χ3n) is 2.37. The fourth-order valence-corrected chi connectivity index (χ4v) is 3.12. The molecule has 2 N–H and O–H groups in total. The zero-order valence-corrected chi connectivity index (χ0v) is 14.2. The Kier molecular flexibility index (Phi) is 12.4. The second-order valence-corrected chi connectivity index (χ2v) is 7.78. The molecule has 126 valence electrons. The van der Waals surface area contributed by atoms with Gasteiger partial charge in [0.2, 0.25) is 0 Å². The lowest BCUT2D eigenvalue weighted by Crippen LogP contribution is -2.15. The molecule has 0 aromatic carbocycles. The minimum atomic E-state index is -3.91. The van der Waals surface area contributed by atoms with Crippen LogP contribution in [-0.2, 0) is 23.6 Å². The molecule has 0 aliphatic carbocycles. The average Bonchev–Trinajstić information content (AvgIpc) is 2.38. The van der Waals surface area contributed by atoms with Gasteiger partial charge in [-0.05, 0) is 12.2 Å². The standard InChI is InChI=1S/C12H25O7PS/c1-11(21-9-3-8-20(14,15)16)10-12(13)19-7-6-18-5-4-17-2/h11H,3-10H2,1-2H3,(H2,14,15,16). The van der Waals surface area contributed by atoms with E-state index < -0.39 is 7.60 Å². The predicted molar refractivity (Wildman–Crippen MR) is 81.7 cm³/mol. The summed E-state index contributed by atoms with van der Waals surface area (Å²) in [6.45, 7) is 3.44. The van der Waals surface area contributed by atoms with Crippen molar-refractivity contribution in [2.24, 2.45) is 0 Å². The summed E-state index contributed by atoms with van der Waals surface area (Å²) in [6, 6.07) is 0. The molecule has 0 aliphatic heterocycles. The van der Waals surface area contributed by atoms with Crippen LogP contribution in [0.3, 0.4) is 0 Å². The van der Waals surface area contributed by atoms with E-state index in [4.69, 9.17) is 24.0 Å². The number of hydrogen-bond donors (Lipinski definition) is 2. The SMILES string of the molecule is COCCOCCOC(=O)CC(C)SCCCP(=O)(O)O. The van der Waals surface area contributed by atoms with Crippen molar-refractivity contribution >= 4 is 25.3 Å². The molecule has 0 amide bonds. The smallest absolute Gasteiger partial charge is 0.325 e. The van der Waals surface area contributed by atoms with E-state index in [-0.39, 0.29) is 30.4 Å². The number of hydrogen-bond acceptors (Lipinski definition) is 6. The molecule has 0 aliphatic rings. The highest BCUT2D eigenvalue weighted by molar-refractivity contribution is 7.99. The lowest BCUT2D eigenvalue weighted by Gasteiger charge is -2.11. The van der Waals surface area contributed by atoms with E-state index in [1.54, 1.807) is 7.11 Å². The quantitative estimate of drug-likeness (QED) is 0.293. The van der Waals surface area contributed by atoms with Crippen LogP contribution in [0.5, 0.6) is 0 Å². The molecular formula is C12H25O7PS. The summed E-state index contributed by atoms with van der Waals surface area (Å²) in [7, 11) is -2.32. The monoisotopic (exact) mass is 344 g/mol. The predicted octanol–water partition coefficient (Wildman–Crippen LogP) is 1.27. The third-order valence-corrected chi connectivity index (χ3v) is 4.53. The third kappa shape index (κ3) is 16.1. The lowest BCUT2D eigenvalue weighted by molar-refractivity contribution is -0.145. The molecule has 9 heteroatoms. The summed E-state index contributed by atoms with van der Waals surface area (Å²) in [5.74, 6) is 0.319. The molecule has 1 unspecified atom stereocenters. The first-order valence-electron chi connectivity index (χ1n) is 6.73. The Balaban J connectivity index is 3.50. The highest BCUT2D eigenvalue weighted by Gasteiger charge is 2.14. The molecular weight excluding hydrogens is 319 g/mol. The van der Waals surface area contributed by atoms with Gasteiger partial charge >= 0.3 is 13.6 Å². The van der Waals surface area contributed by atoms with Crippen molar-refractivity contribution in [3.8, 4) is 0 Å². The summed E-state index contributed by atoms with van der Waals surface area (Å²) in [5.41, 5.74) is 0. The molecule has 0 rings (SSSR count). The normalized spacial score (nSPS) is 13.1. The first kappa shape index (κ1) is 20.9. The zero-order chi connectivity index (χ0) is 16.1. The molecule has 7 nitrogen and oxygen atoms in total. The van der Waals surface area contributed by atoms with Crippen molar-refractivity contribution in [1.82, 2.24) is 0 Å². The van der Waals surface area contributed by atoms with Gasteiger partial charge in [0.05, 0.1) is 32.4 Å². The average molecular weight is 344 g/mol. The van der Waals surface area contributed by atoms with E-state index in [0.717, 1.165) is 0 Å². The fraction of sp³-hybridized carbons (Fsp3) is 0.917. The van der Waals surface area contributed by atoms with Crippen molar-refractivity contribution in [2.45, 2.75) is 25.0 Å². The Bertz CT molecular complexity index is 321. The fourth-order valence-electron chi connectivity index (χ4n) is 1.37. The van der Waals surface area contributed by atoms with Crippen LogP contribution in [0.1, 0.15) is 19.8 Å². The van der Waals surface area contributed by atoms with Gasteiger partial charge in [-0.1, -0.05) is 6.92 Å². The van der Waals surface area contributed by atoms with Crippen LogP contribution in [0.25, 0.3) is 0 Å². The minimum Gasteiger partial charge on any atom is -0.463 e. The van der Waals surface area contributed by atoms with Crippen molar-refractivity contribution < 1.29 is 33.4 Å². The van der Waals surface area contributed by atoms with Gasteiger partial charge in [0.25, 0.3) is 0 Å². The minimum absolute atomic E-state index is 0.0590. The van der Waals surface area contributed by atoms with Gasteiger partial charge in [-0.3, -0.25) is 9.36 Å². The Morgan fingerprint density at radius 3 is 2.52 bits per heavy atom. The number of carbonyl (C=O) groups is 1. The van der Waals surface area contributed by atoms with Crippen LogP contribution in [0.2, 0.25) is 0 Å². The Morgan fingerprint density at radius 2 is 1.90 bits per heavy atom. The second kappa shape index (κ2) is 12.4. The molecule has 0 bridgehead atoms. The molecule has 0 heterocycles. The number of thioether (sulfide) groups is 1. The maximum absolute atomic E-state index is 11.5. The molecule has 0 saturated heterocycles. The van der Waals surface area contributed by atoms with Gasteiger partial charge in [-0.2, -0.15) is 11.8 Å². The van der Waals surface area contributed by atoms with E-state index in [0.29, 0.717) is 32.0 Å². The first-order chi connectivity index (χ1) is 9.85. The Hall–Kier alpha value is -0.110. The largest absolute Gasteiger partial charge is 0.463 e. The molecule has 0 aromatic heterocycles. The molecule has 0 fully saturated rings. The molecule has 1 atom stereocenters. The number of ether oxygens (including phenoxy) is 3. The first-order valence-corrected chi connectivity index (χ1v) is 9.58. The maximum atomic E-state index is 11.5. The Labute approximate surface area is 129 Å². The topological polar surface area (TPSA) is 102 Å². The summed E-state index contributed by atoms with van der Waals surface area (Å²) >= 11 is 1.50. The van der Waals surface area contributed by atoms with Gasteiger partial charge in [-0.25, -0.2) is 0 Å². The number of rotatable bonds is 13. The van der Waals surface area contributed by atoms with Crippen LogP contribution in [-0.4, -0.2) is 66.5 Å². The summed E-state index contributed by atoms with van der Waals surface area (Å²) in [5, 5.41) is 0.0590. The van der Waals surface area contributed by atoms with Gasteiger partial charge in [0, 0.05) is 12.4 Å². The molecule has 21 heavy (non-hydrogen) atoms. The van der Waals surface area contributed by atoms with Crippen LogP contribution in [0, 0.1) is 0 Å². The van der Waals surface area contributed by atoms with E-state index in [9.17, 15) is 9.36 Å². The van der Waals surface area contributed by atoms with Gasteiger partial charge in [0.15, 0.2) is 0 Å². The van der Waals surface area contributed by atoms with Crippen LogP contribution in [0.4, 0.5) is 0 Å². The number of methoxy groups -OCH3 is 1. The van der Waals surface area contributed by atoms with Crippen LogP contribution >= 0.6 is 19.4 Å². The summed E-state index contributed by atoms with van der Waals surface area (Å²) < 4.78 is 25.6. The van der Waals surface area contributed by atoms with E-state index in [1.807, 2.05) is 6.92 Å². The van der Waals surface area contributed by atoms with Crippen LogP contribution < -0.4 is 0 Å². The van der Waals surface area contributed by atoms with Crippen molar-refractivity contribution in [2.75, 3.05) is 45.5 Å². The van der Waals surface area contributed by atoms with E-state index in [1.165, 1.54) is 11.8 Å². The van der Waals surface area contributed by atoms with Gasteiger partial charge < -0.3 is 24.0 Å². The molecule has 0 radical (unpaired) electrons. The summed E-state index contributed by atoms with van der Waals surface area (Å²) in [4.78, 5) is 28.9. The maximum Gasteiger partial charge on any atom is 0.325 e. The highest BCUT2D eigenvalue weighted by atomic mass is 32.2. The number of carbonyl (C=O) groups excluding carboxylic acids is 1. The van der Waals surface area contributed by atoms with E-state index >= 15 is 0 Å². The zero-order valence-electron chi connectivity index (χ0n) is 12.5. The van der Waals surface area contributed by atoms with Crippen molar-refractivity contribution in [3.05, 3.63) is 0 Å². The van der Waals surface area contributed by atoms with Crippen molar-refractivity contribution in [3.63, 3.8) is 0 Å². The molecule has 0 saturated carbocycles. The second-order valence-electron chi connectivity index (χ2n) is 4.45.